The first kappa shape index (κ1) is 27.4. The minimum Gasteiger partial charge on any atom is -0.417 e. The van der Waals surface area contributed by atoms with Crippen molar-refractivity contribution in [2.45, 2.75) is 97.6 Å². The molecule has 0 amide bonds. The molecule has 0 aromatic rings. The Kier molecular flexibility index (Phi) is 11.8. The predicted octanol–water partition coefficient (Wildman–Crippen LogP) is 6.63. The Morgan fingerprint density at radius 3 is 1.44 bits per heavy atom. The highest BCUT2D eigenvalue weighted by Gasteiger charge is 2.49. The number of ether oxygens (including phenoxy) is 1. The van der Waals surface area contributed by atoms with Gasteiger partial charge in [0.05, 0.1) is 6.61 Å². The van der Waals surface area contributed by atoms with E-state index in [1.165, 1.54) is 12.8 Å². The van der Waals surface area contributed by atoms with Crippen molar-refractivity contribution in [2.75, 3.05) is 13.2 Å². The molecule has 0 aliphatic rings. The van der Waals surface area contributed by atoms with E-state index < -0.39 is 33.8 Å². The Balaban J connectivity index is 4.83. The van der Waals surface area contributed by atoms with E-state index in [-0.39, 0.29) is 0 Å². The third-order valence-electron chi connectivity index (χ3n) is 3.26. The molecule has 4 nitrogen and oxygen atoms in total. The van der Waals surface area contributed by atoms with E-state index in [0.717, 1.165) is 31.1 Å². The zero-order valence-electron chi connectivity index (χ0n) is 19.8. The summed E-state index contributed by atoms with van der Waals surface area (Å²) >= 11 is 0. The molecule has 0 saturated carbocycles. The SMILES string of the molecule is C=C(C)COCCCCCC[Si](O[Si](C)(C)C)(O[Si](C)(C)C)O[Si](C)(C)C. The molecule has 0 N–H and O–H groups in total. The maximum atomic E-state index is 6.72. The summed E-state index contributed by atoms with van der Waals surface area (Å²) in [4.78, 5) is 0. The summed E-state index contributed by atoms with van der Waals surface area (Å²) in [6.45, 7) is 27.6. The first-order chi connectivity index (χ1) is 12.0. The normalized spacial score (nSPS) is 13.9. The van der Waals surface area contributed by atoms with E-state index >= 15 is 0 Å². The van der Waals surface area contributed by atoms with Gasteiger partial charge in [0.25, 0.3) is 0 Å². The van der Waals surface area contributed by atoms with Gasteiger partial charge in [0.15, 0.2) is 25.0 Å². The smallest absolute Gasteiger partial charge is 0.417 e. The van der Waals surface area contributed by atoms with Gasteiger partial charge in [-0.15, -0.1) is 0 Å². The van der Waals surface area contributed by atoms with Crippen molar-refractivity contribution in [3.05, 3.63) is 12.2 Å². The maximum absolute atomic E-state index is 6.72. The second-order valence-electron chi connectivity index (χ2n) is 10.5. The molecule has 0 spiro atoms. The van der Waals surface area contributed by atoms with Crippen LogP contribution in [0.4, 0.5) is 0 Å². The van der Waals surface area contributed by atoms with Crippen LogP contribution < -0.4 is 0 Å². The lowest BCUT2D eigenvalue weighted by molar-refractivity contribution is 0.151. The van der Waals surface area contributed by atoms with Gasteiger partial charge in [-0.05, 0) is 78.7 Å². The number of hydrogen-bond donors (Lipinski definition) is 0. The van der Waals surface area contributed by atoms with Gasteiger partial charge in [0.1, 0.15) is 0 Å². The van der Waals surface area contributed by atoms with Crippen molar-refractivity contribution in [1.29, 1.82) is 0 Å². The Morgan fingerprint density at radius 1 is 0.667 bits per heavy atom. The standard InChI is InChI=1S/C19H46O4Si4/c1-19(2)18-20-16-14-12-13-15-17-27(21-24(3,4)5,22-25(6,7)8)23-26(9,10)11/h1,12-18H2,2-11H3. The second kappa shape index (κ2) is 11.6. The highest BCUT2D eigenvalue weighted by Crippen LogP contribution is 2.30. The third kappa shape index (κ3) is 17.1. The Hall–Kier alpha value is 0.448. The average molecular weight is 451 g/mol. The van der Waals surface area contributed by atoms with E-state index in [9.17, 15) is 0 Å². The van der Waals surface area contributed by atoms with Crippen molar-refractivity contribution < 1.29 is 17.1 Å². The van der Waals surface area contributed by atoms with E-state index in [1.54, 1.807) is 0 Å². The van der Waals surface area contributed by atoms with Crippen LogP contribution in [0.5, 0.6) is 0 Å². The quantitative estimate of drug-likeness (QED) is 0.159. The fourth-order valence-corrected chi connectivity index (χ4v) is 17.5. The molecule has 0 bridgehead atoms. The number of rotatable bonds is 15. The van der Waals surface area contributed by atoms with Crippen LogP contribution in [0.2, 0.25) is 65.0 Å². The molecular formula is C19H46O4Si4. The van der Waals surface area contributed by atoms with Crippen LogP contribution in [0.1, 0.15) is 32.6 Å². The predicted molar refractivity (Wildman–Crippen MR) is 128 cm³/mol. The third-order valence-corrected chi connectivity index (χ3v) is 15.3. The van der Waals surface area contributed by atoms with Crippen LogP contribution in [-0.4, -0.2) is 47.0 Å². The van der Waals surface area contributed by atoms with Crippen LogP contribution in [0.15, 0.2) is 12.2 Å². The van der Waals surface area contributed by atoms with Gasteiger partial charge in [0, 0.05) is 12.7 Å². The van der Waals surface area contributed by atoms with Gasteiger partial charge in [-0.1, -0.05) is 25.0 Å². The summed E-state index contributed by atoms with van der Waals surface area (Å²) < 4.78 is 25.7. The van der Waals surface area contributed by atoms with Crippen LogP contribution in [-0.2, 0) is 17.1 Å². The maximum Gasteiger partial charge on any atom is 0.469 e. The summed E-state index contributed by atoms with van der Waals surface area (Å²) in [6.07, 6.45) is 4.55. The summed E-state index contributed by atoms with van der Waals surface area (Å²) in [5.74, 6) is 0. The Bertz CT molecular complexity index is 396. The van der Waals surface area contributed by atoms with E-state index in [4.69, 9.17) is 17.1 Å². The van der Waals surface area contributed by atoms with Gasteiger partial charge in [0.2, 0.25) is 0 Å². The molecule has 0 fully saturated rings. The van der Waals surface area contributed by atoms with Crippen molar-refractivity contribution in [2.24, 2.45) is 0 Å². The van der Waals surface area contributed by atoms with Crippen LogP contribution in [0.3, 0.4) is 0 Å². The topological polar surface area (TPSA) is 36.9 Å². The summed E-state index contributed by atoms with van der Waals surface area (Å²) in [5, 5.41) is 0. The lowest BCUT2D eigenvalue weighted by Crippen LogP contribution is -2.60. The molecule has 0 rings (SSSR count). The highest BCUT2D eigenvalue weighted by atomic mass is 28.5. The average Bonchev–Trinajstić information content (AvgIpc) is 2.35. The van der Waals surface area contributed by atoms with E-state index in [0.29, 0.717) is 6.61 Å². The molecule has 162 valence electrons. The zero-order chi connectivity index (χ0) is 21.4. The molecule has 0 aliphatic heterocycles. The summed E-state index contributed by atoms with van der Waals surface area (Å²) in [6, 6.07) is 0.943. The Labute approximate surface area is 173 Å². The minimum atomic E-state index is -2.65. The monoisotopic (exact) mass is 450 g/mol. The molecule has 0 saturated heterocycles. The minimum absolute atomic E-state index is 0.675. The molecule has 0 heterocycles. The Morgan fingerprint density at radius 2 is 1.07 bits per heavy atom. The summed E-state index contributed by atoms with van der Waals surface area (Å²) in [7, 11) is -7.93. The molecule has 0 unspecified atom stereocenters. The fourth-order valence-electron chi connectivity index (χ4n) is 2.76. The molecule has 0 aromatic heterocycles. The van der Waals surface area contributed by atoms with E-state index in [1.807, 2.05) is 6.92 Å². The van der Waals surface area contributed by atoms with Crippen molar-refractivity contribution in [1.82, 2.24) is 0 Å². The van der Waals surface area contributed by atoms with Gasteiger partial charge >= 0.3 is 8.80 Å². The molecule has 8 heteroatoms. The van der Waals surface area contributed by atoms with Gasteiger partial charge in [-0.3, -0.25) is 0 Å². The number of hydrogen-bond acceptors (Lipinski definition) is 4. The van der Waals surface area contributed by atoms with Crippen molar-refractivity contribution in [3.63, 3.8) is 0 Å². The van der Waals surface area contributed by atoms with Crippen LogP contribution >= 0.6 is 0 Å². The zero-order valence-corrected chi connectivity index (χ0v) is 23.8. The van der Waals surface area contributed by atoms with Crippen molar-refractivity contribution >= 4 is 33.8 Å². The first-order valence-corrected chi connectivity index (χ1v) is 22.5. The van der Waals surface area contributed by atoms with Crippen molar-refractivity contribution in [3.8, 4) is 0 Å². The number of unbranched alkanes of at least 4 members (excludes halogenated alkanes) is 3. The fraction of sp³-hybridized carbons (Fsp3) is 0.895. The lowest BCUT2D eigenvalue weighted by Gasteiger charge is -2.43. The largest absolute Gasteiger partial charge is 0.469 e. The van der Waals surface area contributed by atoms with Gasteiger partial charge in [-0.2, -0.15) is 0 Å². The molecule has 27 heavy (non-hydrogen) atoms. The molecular weight excluding hydrogens is 405 g/mol. The van der Waals surface area contributed by atoms with Gasteiger partial charge < -0.3 is 17.1 Å². The van der Waals surface area contributed by atoms with E-state index in [2.05, 4.69) is 65.5 Å². The second-order valence-corrected chi connectivity index (χ2v) is 27.5. The molecule has 0 aromatic carbocycles. The van der Waals surface area contributed by atoms with Crippen LogP contribution in [0, 0.1) is 0 Å². The molecule has 0 radical (unpaired) electrons. The lowest BCUT2D eigenvalue weighted by atomic mass is 10.2. The molecule has 0 atom stereocenters. The summed E-state index contributed by atoms with van der Waals surface area (Å²) in [5.41, 5.74) is 1.08. The highest BCUT2D eigenvalue weighted by molar-refractivity contribution is 6.90. The van der Waals surface area contributed by atoms with Crippen LogP contribution in [0.25, 0.3) is 0 Å². The van der Waals surface area contributed by atoms with Gasteiger partial charge in [-0.25, -0.2) is 0 Å². The first-order valence-electron chi connectivity index (χ1n) is 10.4. The molecule has 0 aliphatic carbocycles.